The number of hydrogen-bond donors (Lipinski definition) is 1. The summed E-state index contributed by atoms with van der Waals surface area (Å²) < 4.78 is 0.945. The molecule has 1 rings (SSSR count). The van der Waals surface area contributed by atoms with E-state index in [0.29, 0.717) is 5.75 Å². The molecule has 0 saturated heterocycles. The third-order valence-corrected chi connectivity index (χ3v) is 2.59. The third kappa shape index (κ3) is 1.69. The Bertz CT molecular complexity index is 224. The molecule has 0 aromatic heterocycles. The molecule has 0 radical (unpaired) electrons. The molecule has 0 atom stereocenters. The van der Waals surface area contributed by atoms with E-state index in [-0.39, 0.29) is 0 Å². The van der Waals surface area contributed by atoms with E-state index in [1.54, 1.807) is 6.07 Å². The number of phenolic OH excluding ortho intramolecular Hbond substituents is 1. The number of hydrogen-bond acceptors (Lipinski definition) is 1. The van der Waals surface area contributed by atoms with E-state index in [0.717, 1.165) is 13.8 Å². The van der Waals surface area contributed by atoms with E-state index >= 15 is 0 Å². The fraction of sp³-hybridized carbons (Fsp3) is 0. The summed E-state index contributed by atoms with van der Waals surface area (Å²) in [5, 5.41) is 10.4. The standard InChI is InChI=1S/C6H7IOSi/c7-5-3-4(9)1-2-6(5)8/h1-3,8H,9H3. The summed E-state index contributed by atoms with van der Waals surface area (Å²) in [5.74, 6) is 0.384. The maximum Gasteiger partial charge on any atom is 0.128 e. The van der Waals surface area contributed by atoms with Crippen LogP contribution in [0.4, 0.5) is 0 Å². The van der Waals surface area contributed by atoms with Crippen LogP contribution in [0.1, 0.15) is 0 Å². The molecule has 0 amide bonds. The lowest BCUT2D eigenvalue weighted by molar-refractivity contribution is 0.471. The molecule has 0 bridgehead atoms. The van der Waals surface area contributed by atoms with Crippen molar-refractivity contribution in [3.8, 4) is 5.75 Å². The summed E-state index contributed by atoms with van der Waals surface area (Å²) in [5.41, 5.74) is 0. The first-order chi connectivity index (χ1) is 4.20. The summed E-state index contributed by atoms with van der Waals surface area (Å²) in [6.07, 6.45) is 0. The largest absolute Gasteiger partial charge is 0.507 e. The summed E-state index contributed by atoms with van der Waals surface area (Å²) in [7, 11) is 1.05. The quantitative estimate of drug-likeness (QED) is 0.507. The van der Waals surface area contributed by atoms with Gasteiger partial charge < -0.3 is 5.11 Å². The molecule has 48 valence electrons. The smallest absolute Gasteiger partial charge is 0.128 e. The molecular formula is C6H7IOSi. The van der Waals surface area contributed by atoms with Crippen LogP contribution in [0.2, 0.25) is 0 Å². The molecule has 1 aromatic carbocycles. The Morgan fingerprint density at radius 2 is 2.11 bits per heavy atom. The van der Waals surface area contributed by atoms with Gasteiger partial charge in [-0.05, 0) is 34.7 Å². The van der Waals surface area contributed by atoms with Crippen molar-refractivity contribution in [1.29, 1.82) is 0 Å². The SMILES string of the molecule is Oc1ccc([SiH3])cc1I. The van der Waals surface area contributed by atoms with E-state index in [2.05, 4.69) is 22.6 Å². The van der Waals surface area contributed by atoms with Crippen molar-refractivity contribution in [3.05, 3.63) is 21.8 Å². The van der Waals surface area contributed by atoms with Crippen molar-refractivity contribution in [2.75, 3.05) is 0 Å². The second-order valence-corrected chi connectivity index (χ2v) is 4.27. The lowest BCUT2D eigenvalue weighted by Gasteiger charge is -1.95. The van der Waals surface area contributed by atoms with Crippen molar-refractivity contribution in [1.82, 2.24) is 0 Å². The average Bonchev–Trinajstić information content (AvgIpc) is 1.80. The monoisotopic (exact) mass is 250 g/mol. The van der Waals surface area contributed by atoms with Crippen molar-refractivity contribution in [2.24, 2.45) is 0 Å². The molecule has 3 heteroatoms. The Balaban J connectivity index is 3.17. The Morgan fingerprint density at radius 3 is 2.56 bits per heavy atom. The highest BCUT2D eigenvalue weighted by Crippen LogP contribution is 2.15. The topological polar surface area (TPSA) is 20.2 Å². The van der Waals surface area contributed by atoms with Crippen LogP contribution in [0, 0.1) is 3.57 Å². The minimum absolute atomic E-state index is 0.384. The molecule has 0 aliphatic heterocycles. The number of benzene rings is 1. The molecule has 0 aliphatic rings. The molecule has 1 nitrogen and oxygen atoms in total. The summed E-state index contributed by atoms with van der Waals surface area (Å²) >= 11 is 2.12. The second-order valence-electron chi connectivity index (χ2n) is 1.95. The molecule has 0 fully saturated rings. The molecule has 0 unspecified atom stereocenters. The van der Waals surface area contributed by atoms with E-state index in [1.807, 2.05) is 12.1 Å². The minimum atomic E-state index is 0.384. The van der Waals surface area contributed by atoms with Gasteiger partial charge in [0, 0.05) is 10.2 Å². The van der Waals surface area contributed by atoms with Gasteiger partial charge in [0.2, 0.25) is 0 Å². The molecule has 0 saturated carbocycles. The highest BCUT2D eigenvalue weighted by Gasteiger charge is 1.93. The van der Waals surface area contributed by atoms with Crippen molar-refractivity contribution in [2.45, 2.75) is 0 Å². The van der Waals surface area contributed by atoms with Gasteiger partial charge >= 0.3 is 0 Å². The first kappa shape index (κ1) is 7.08. The van der Waals surface area contributed by atoms with Crippen LogP contribution in [0.3, 0.4) is 0 Å². The van der Waals surface area contributed by atoms with E-state index in [1.165, 1.54) is 5.19 Å². The lowest BCUT2D eigenvalue weighted by atomic mass is 10.3. The number of halogens is 1. The normalized spacial score (nSPS) is 9.89. The van der Waals surface area contributed by atoms with E-state index in [9.17, 15) is 0 Å². The fourth-order valence-electron chi connectivity index (χ4n) is 0.612. The summed E-state index contributed by atoms with van der Waals surface area (Å²) in [6.45, 7) is 0. The second kappa shape index (κ2) is 2.70. The van der Waals surface area contributed by atoms with Crippen LogP contribution in [0.5, 0.6) is 5.75 Å². The zero-order valence-corrected chi connectivity index (χ0v) is 9.21. The Morgan fingerprint density at radius 1 is 1.44 bits per heavy atom. The lowest BCUT2D eigenvalue weighted by Crippen LogP contribution is -2.00. The average molecular weight is 250 g/mol. The molecule has 9 heavy (non-hydrogen) atoms. The highest BCUT2D eigenvalue weighted by molar-refractivity contribution is 14.1. The molecule has 0 heterocycles. The van der Waals surface area contributed by atoms with Gasteiger partial charge in [-0.15, -0.1) is 0 Å². The number of rotatable bonds is 0. The molecule has 0 aliphatic carbocycles. The van der Waals surface area contributed by atoms with E-state index in [4.69, 9.17) is 5.11 Å². The number of aromatic hydroxyl groups is 1. The van der Waals surface area contributed by atoms with E-state index < -0.39 is 0 Å². The van der Waals surface area contributed by atoms with Gasteiger partial charge in [0.1, 0.15) is 5.75 Å². The zero-order chi connectivity index (χ0) is 6.85. The first-order valence-corrected chi connectivity index (χ1v) is 4.73. The van der Waals surface area contributed by atoms with Gasteiger partial charge in [-0.3, -0.25) is 0 Å². The van der Waals surface area contributed by atoms with Crippen LogP contribution >= 0.6 is 22.6 Å². The maximum absolute atomic E-state index is 9.05. The zero-order valence-electron chi connectivity index (χ0n) is 5.06. The summed E-state index contributed by atoms with van der Waals surface area (Å²) in [4.78, 5) is 0. The van der Waals surface area contributed by atoms with Gasteiger partial charge in [-0.2, -0.15) is 0 Å². The van der Waals surface area contributed by atoms with Crippen molar-refractivity contribution in [3.63, 3.8) is 0 Å². The van der Waals surface area contributed by atoms with Crippen LogP contribution in [0.25, 0.3) is 0 Å². The third-order valence-electron chi connectivity index (χ3n) is 1.10. The van der Waals surface area contributed by atoms with Gasteiger partial charge in [-0.25, -0.2) is 0 Å². The molecule has 1 N–H and O–H groups in total. The van der Waals surface area contributed by atoms with Gasteiger partial charge in [0.05, 0.1) is 3.57 Å². The van der Waals surface area contributed by atoms with Gasteiger partial charge in [0.25, 0.3) is 0 Å². The maximum atomic E-state index is 9.05. The molecular weight excluding hydrogens is 243 g/mol. The summed E-state index contributed by atoms with van der Waals surface area (Å²) in [6, 6.07) is 5.69. The number of phenols is 1. The van der Waals surface area contributed by atoms with Crippen LogP contribution in [0.15, 0.2) is 18.2 Å². The highest BCUT2D eigenvalue weighted by atomic mass is 127. The van der Waals surface area contributed by atoms with Crippen molar-refractivity contribution >= 4 is 38.0 Å². The Hall–Kier alpha value is -0.0331. The van der Waals surface area contributed by atoms with Gasteiger partial charge in [-0.1, -0.05) is 11.3 Å². The van der Waals surface area contributed by atoms with Crippen molar-refractivity contribution < 1.29 is 5.11 Å². The molecule has 1 aromatic rings. The molecule has 0 spiro atoms. The fourth-order valence-corrected chi connectivity index (χ4v) is 2.33. The van der Waals surface area contributed by atoms with Crippen LogP contribution in [-0.4, -0.2) is 15.3 Å². The Kier molecular flexibility index (Phi) is 2.12. The predicted octanol–water partition coefficient (Wildman–Crippen LogP) is -0.0125. The van der Waals surface area contributed by atoms with Crippen LogP contribution in [-0.2, 0) is 0 Å². The first-order valence-electron chi connectivity index (χ1n) is 2.65. The minimum Gasteiger partial charge on any atom is -0.507 e. The Labute approximate surface area is 70.7 Å². The predicted molar refractivity (Wildman–Crippen MR) is 50.4 cm³/mol. The van der Waals surface area contributed by atoms with Crippen LogP contribution < -0.4 is 5.19 Å². The van der Waals surface area contributed by atoms with Gasteiger partial charge in [0.15, 0.2) is 0 Å².